The van der Waals surface area contributed by atoms with Crippen molar-refractivity contribution in [1.82, 2.24) is 24.8 Å². The number of methoxy groups -OCH3 is 1. The molecular formula is C23H29Cl2N5O3. The summed E-state index contributed by atoms with van der Waals surface area (Å²) in [7, 11) is 3.36. The molecule has 1 fully saturated rings. The van der Waals surface area contributed by atoms with E-state index in [1.165, 1.54) is 0 Å². The molecule has 2 bridgehead atoms. The first-order valence-corrected chi connectivity index (χ1v) is 10.8. The predicted octanol–water partition coefficient (Wildman–Crippen LogP) is 2.60. The van der Waals surface area contributed by atoms with Crippen LogP contribution in [0.3, 0.4) is 0 Å². The minimum absolute atomic E-state index is 0. The van der Waals surface area contributed by atoms with Crippen molar-refractivity contribution in [3.05, 3.63) is 57.8 Å². The Morgan fingerprint density at radius 3 is 2.85 bits per heavy atom. The van der Waals surface area contributed by atoms with E-state index in [0.717, 1.165) is 47.8 Å². The number of benzene rings is 1. The second-order valence-corrected chi connectivity index (χ2v) is 8.59. The fourth-order valence-electron chi connectivity index (χ4n) is 4.82. The maximum atomic E-state index is 13.1. The zero-order valence-corrected chi connectivity index (χ0v) is 20.3. The zero-order chi connectivity index (χ0) is 21.5. The average Bonchev–Trinajstić information content (AvgIpc) is 3.20. The maximum Gasteiger partial charge on any atom is 0.263 e. The van der Waals surface area contributed by atoms with E-state index in [1.54, 1.807) is 25.1 Å². The SMILES string of the molecule is COc1ccc2nc(CCN(C)C(=O)c3ccc4n(c3=O)C[C@@H]3CNC[C@H]4C3)[nH]c2c1.Cl.Cl. The van der Waals surface area contributed by atoms with Gasteiger partial charge in [0.2, 0.25) is 0 Å². The summed E-state index contributed by atoms with van der Waals surface area (Å²) < 4.78 is 7.08. The maximum absolute atomic E-state index is 13.1. The van der Waals surface area contributed by atoms with E-state index in [0.29, 0.717) is 31.3 Å². The van der Waals surface area contributed by atoms with E-state index in [4.69, 9.17) is 4.74 Å². The Kier molecular flexibility index (Phi) is 7.72. The van der Waals surface area contributed by atoms with Gasteiger partial charge in [0.05, 0.1) is 18.1 Å². The third-order valence-electron chi connectivity index (χ3n) is 6.51. The molecular weight excluding hydrogens is 465 g/mol. The van der Waals surface area contributed by atoms with Crippen molar-refractivity contribution in [2.45, 2.75) is 25.3 Å². The van der Waals surface area contributed by atoms with E-state index in [1.807, 2.05) is 28.8 Å². The normalized spacial score (nSPS) is 18.6. The predicted molar refractivity (Wildman–Crippen MR) is 132 cm³/mol. The lowest BCUT2D eigenvalue weighted by atomic mass is 9.84. The zero-order valence-electron chi connectivity index (χ0n) is 18.7. The molecule has 0 unspecified atom stereocenters. The van der Waals surface area contributed by atoms with Gasteiger partial charge in [0.25, 0.3) is 11.5 Å². The van der Waals surface area contributed by atoms with Gasteiger partial charge in [0.15, 0.2) is 0 Å². The van der Waals surface area contributed by atoms with Crippen molar-refractivity contribution in [2.75, 3.05) is 33.8 Å². The van der Waals surface area contributed by atoms with Crippen molar-refractivity contribution in [3.8, 4) is 5.75 Å². The summed E-state index contributed by atoms with van der Waals surface area (Å²) in [6.07, 6.45) is 1.68. The topological polar surface area (TPSA) is 92.2 Å². The lowest BCUT2D eigenvalue weighted by molar-refractivity contribution is 0.0793. The van der Waals surface area contributed by atoms with Crippen LogP contribution in [0.1, 0.15) is 34.2 Å². The number of aromatic nitrogens is 3. The second kappa shape index (κ2) is 10.2. The molecule has 0 radical (unpaired) electrons. The molecule has 2 aliphatic rings. The Labute approximate surface area is 204 Å². The Hall–Kier alpha value is -2.55. The van der Waals surface area contributed by atoms with E-state index in [9.17, 15) is 9.59 Å². The van der Waals surface area contributed by atoms with Gasteiger partial charge in [-0.25, -0.2) is 4.98 Å². The summed E-state index contributed by atoms with van der Waals surface area (Å²) in [4.78, 5) is 35.6. The van der Waals surface area contributed by atoms with E-state index < -0.39 is 0 Å². The first-order chi connectivity index (χ1) is 15.0. The van der Waals surface area contributed by atoms with Crippen molar-refractivity contribution >= 4 is 41.8 Å². The molecule has 33 heavy (non-hydrogen) atoms. The number of carbonyl (C=O) groups is 1. The van der Waals surface area contributed by atoms with E-state index >= 15 is 0 Å². The first kappa shape index (κ1) is 25.1. The van der Waals surface area contributed by atoms with Crippen molar-refractivity contribution < 1.29 is 9.53 Å². The number of rotatable bonds is 5. The summed E-state index contributed by atoms with van der Waals surface area (Å²) in [6, 6.07) is 9.34. The monoisotopic (exact) mass is 493 g/mol. The van der Waals surface area contributed by atoms with Crippen LogP contribution in [-0.4, -0.2) is 59.1 Å². The molecule has 1 saturated heterocycles. The molecule has 1 aromatic carbocycles. The first-order valence-electron chi connectivity index (χ1n) is 10.8. The lowest BCUT2D eigenvalue weighted by Gasteiger charge is -2.37. The van der Waals surface area contributed by atoms with Crippen LogP contribution in [0.15, 0.2) is 35.1 Å². The number of ether oxygens (including phenoxy) is 1. The molecule has 2 atom stereocenters. The highest BCUT2D eigenvalue weighted by Gasteiger charge is 2.32. The van der Waals surface area contributed by atoms with Gasteiger partial charge in [-0.1, -0.05) is 0 Å². The van der Waals surface area contributed by atoms with Crippen LogP contribution in [0.4, 0.5) is 0 Å². The van der Waals surface area contributed by atoms with Gasteiger partial charge < -0.3 is 24.5 Å². The van der Waals surface area contributed by atoms with Crippen LogP contribution in [0.2, 0.25) is 0 Å². The Morgan fingerprint density at radius 2 is 2.06 bits per heavy atom. The van der Waals surface area contributed by atoms with Gasteiger partial charge in [0.1, 0.15) is 17.1 Å². The molecule has 8 nitrogen and oxygen atoms in total. The molecule has 1 amide bonds. The molecule has 2 N–H and O–H groups in total. The molecule has 0 spiro atoms. The number of likely N-dealkylation sites (N-methyl/N-ethyl adjacent to an activating group) is 1. The van der Waals surface area contributed by atoms with Crippen LogP contribution in [0.5, 0.6) is 5.75 Å². The number of piperidine rings is 1. The van der Waals surface area contributed by atoms with Gasteiger partial charge in [-0.2, -0.15) is 0 Å². The number of fused-ring (bicyclic) bond motifs is 5. The lowest BCUT2D eigenvalue weighted by Crippen LogP contribution is -2.46. The van der Waals surface area contributed by atoms with Crippen molar-refractivity contribution in [1.29, 1.82) is 0 Å². The Balaban J connectivity index is 0.00000153. The molecule has 5 rings (SSSR count). The number of aromatic amines is 1. The number of hydrogen-bond donors (Lipinski definition) is 2. The highest BCUT2D eigenvalue weighted by atomic mass is 35.5. The number of halogens is 2. The van der Waals surface area contributed by atoms with E-state index in [2.05, 4.69) is 15.3 Å². The van der Waals surface area contributed by atoms with E-state index in [-0.39, 0.29) is 41.8 Å². The number of nitrogens with zero attached hydrogens (tertiary/aromatic N) is 3. The summed E-state index contributed by atoms with van der Waals surface area (Å²) in [6.45, 7) is 2.98. The third kappa shape index (κ3) is 4.74. The van der Waals surface area contributed by atoms with Gasteiger partial charge in [0, 0.05) is 50.8 Å². The number of imidazole rings is 1. The fraction of sp³-hybridized carbons (Fsp3) is 0.435. The summed E-state index contributed by atoms with van der Waals surface area (Å²) in [5.41, 5.74) is 2.88. The third-order valence-corrected chi connectivity index (χ3v) is 6.51. The average molecular weight is 494 g/mol. The van der Waals surface area contributed by atoms with Crippen LogP contribution in [-0.2, 0) is 13.0 Å². The quantitative estimate of drug-likeness (QED) is 0.569. The summed E-state index contributed by atoms with van der Waals surface area (Å²) in [5, 5.41) is 3.44. The number of carbonyl (C=O) groups excluding carboxylic acids is 1. The molecule has 4 heterocycles. The largest absolute Gasteiger partial charge is 0.497 e. The molecule has 3 aromatic rings. The van der Waals surface area contributed by atoms with Crippen LogP contribution in [0.25, 0.3) is 11.0 Å². The minimum atomic E-state index is -0.244. The number of hydrogen-bond acceptors (Lipinski definition) is 5. The second-order valence-electron chi connectivity index (χ2n) is 8.59. The number of nitrogens with one attached hydrogen (secondary N) is 2. The van der Waals surface area contributed by atoms with Gasteiger partial charge in [-0.05, 0) is 43.1 Å². The molecule has 0 aliphatic carbocycles. The van der Waals surface area contributed by atoms with Gasteiger partial charge >= 0.3 is 0 Å². The number of H-pyrrole nitrogens is 1. The molecule has 178 valence electrons. The molecule has 2 aromatic heterocycles. The summed E-state index contributed by atoms with van der Waals surface area (Å²) in [5.74, 6) is 2.13. The van der Waals surface area contributed by atoms with Crippen LogP contribution in [0, 0.1) is 5.92 Å². The molecule has 2 aliphatic heterocycles. The molecule has 0 saturated carbocycles. The van der Waals surface area contributed by atoms with Gasteiger partial charge in [-0.3, -0.25) is 9.59 Å². The van der Waals surface area contributed by atoms with Crippen molar-refractivity contribution in [2.24, 2.45) is 5.92 Å². The standard InChI is InChI=1S/C23H27N5O3.2ClH/c1-27(8-7-21-25-18-5-3-16(31-2)10-19(18)26-21)22(29)17-4-6-20-15-9-14(11-24-12-15)13-28(20)23(17)30;;/h3-6,10,14-15,24H,7-9,11-13H2,1-2H3,(H,25,26);2*1H/t14-,15+;;/m0../s1. The highest BCUT2D eigenvalue weighted by molar-refractivity contribution is 5.93. The number of pyridine rings is 1. The minimum Gasteiger partial charge on any atom is -0.497 e. The van der Waals surface area contributed by atoms with Crippen molar-refractivity contribution in [3.63, 3.8) is 0 Å². The summed E-state index contributed by atoms with van der Waals surface area (Å²) >= 11 is 0. The number of amides is 1. The fourth-order valence-corrected chi connectivity index (χ4v) is 4.82. The van der Waals surface area contributed by atoms with Gasteiger partial charge in [-0.15, -0.1) is 24.8 Å². The Bertz CT molecular complexity index is 1210. The van der Waals surface area contributed by atoms with Crippen LogP contribution < -0.4 is 15.6 Å². The Morgan fingerprint density at radius 1 is 1.24 bits per heavy atom. The van der Waals surface area contributed by atoms with Crippen LogP contribution >= 0.6 is 24.8 Å². The molecule has 10 heteroatoms. The highest BCUT2D eigenvalue weighted by Crippen LogP contribution is 2.31. The smallest absolute Gasteiger partial charge is 0.263 e.